The van der Waals surface area contributed by atoms with E-state index in [0.717, 1.165) is 5.56 Å². The fraction of sp³-hybridized carbons (Fsp3) is 0.0952. The van der Waals surface area contributed by atoms with E-state index in [-0.39, 0.29) is 11.5 Å². The number of carbonyl (C=O) groups excluding carboxylic acids is 1. The van der Waals surface area contributed by atoms with Crippen LogP contribution in [0.1, 0.15) is 20.8 Å². The Bertz CT molecular complexity index is 1230. The van der Waals surface area contributed by atoms with Crippen LogP contribution in [0.5, 0.6) is 0 Å². The number of anilines is 1. The van der Waals surface area contributed by atoms with Crippen LogP contribution in [-0.2, 0) is 6.54 Å². The van der Waals surface area contributed by atoms with Crippen molar-refractivity contribution >= 4 is 44.7 Å². The van der Waals surface area contributed by atoms with Gasteiger partial charge in [-0.05, 0) is 30.2 Å². The van der Waals surface area contributed by atoms with Crippen LogP contribution in [0.25, 0.3) is 10.2 Å². The number of rotatable bonds is 4. The van der Waals surface area contributed by atoms with Gasteiger partial charge < -0.3 is 5.32 Å². The predicted molar refractivity (Wildman–Crippen MR) is 114 cm³/mol. The fourth-order valence-corrected chi connectivity index (χ4v) is 4.23. The normalized spacial score (nSPS) is 10.9. The summed E-state index contributed by atoms with van der Waals surface area (Å²) in [5, 5.41) is 3.74. The second-order valence-electron chi connectivity index (χ2n) is 6.33. The molecule has 2 aromatic carbocycles. The Balaban J connectivity index is 1.71. The summed E-state index contributed by atoms with van der Waals surface area (Å²) in [7, 11) is 0. The Hall–Kier alpha value is -2.96. The van der Waals surface area contributed by atoms with Crippen molar-refractivity contribution in [2.45, 2.75) is 13.5 Å². The summed E-state index contributed by atoms with van der Waals surface area (Å²) in [5.74, 6) is -0.303. The molecule has 0 aliphatic heterocycles. The fourth-order valence-electron chi connectivity index (χ4n) is 3.01. The summed E-state index contributed by atoms with van der Waals surface area (Å²) in [6.45, 7) is 2.20. The molecule has 28 heavy (non-hydrogen) atoms. The number of fused-ring (bicyclic) bond motifs is 1. The summed E-state index contributed by atoms with van der Waals surface area (Å²) in [4.78, 5) is 31.1. The van der Waals surface area contributed by atoms with E-state index in [4.69, 9.17) is 11.6 Å². The van der Waals surface area contributed by atoms with Crippen molar-refractivity contribution in [2.75, 3.05) is 5.32 Å². The molecule has 0 fully saturated rings. The number of nitrogens with zero attached hydrogens (tertiary/aromatic N) is 2. The number of benzene rings is 2. The molecule has 0 aliphatic rings. The van der Waals surface area contributed by atoms with Crippen molar-refractivity contribution < 1.29 is 4.79 Å². The minimum atomic E-state index is -0.303. The zero-order chi connectivity index (χ0) is 19.7. The van der Waals surface area contributed by atoms with Gasteiger partial charge in [-0.25, -0.2) is 4.98 Å². The Morgan fingerprint density at radius 3 is 2.61 bits per heavy atom. The van der Waals surface area contributed by atoms with E-state index in [1.54, 1.807) is 35.8 Å². The maximum atomic E-state index is 13.0. The van der Waals surface area contributed by atoms with Crippen LogP contribution in [-0.4, -0.2) is 15.5 Å². The van der Waals surface area contributed by atoms with Gasteiger partial charge in [0.05, 0.1) is 33.8 Å². The highest BCUT2D eigenvalue weighted by Gasteiger charge is 2.20. The van der Waals surface area contributed by atoms with Crippen molar-refractivity contribution in [3.8, 4) is 0 Å². The van der Waals surface area contributed by atoms with Gasteiger partial charge in [-0.3, -0.25) is 14.2 Å². The second kappa shape index (κ2) is 7.58. The molecule has 0 saturated heterocycles. The van der Waals surface area contributed by atoms with Crippen LogP contribution in [0.4, 0.5) is 5.69 Å². The highest BCUT2D eigenvalue weighted by atomic mass is 35.5. The molecule has 4 aromatic rings. The lowest BCUT2D eigenvalue weighted by atomic mass is 10.2. The van der Waals surface area contributed by atoms with Gasteiger partial charge in [-0.15, -0.1) is 11.3 Å². The highest BCUT2D eigenvalue weighted by Crippen LogP contribution is 2.29. The molecule has 0 unspecified atom stereocenters. The van der Waals surface area contributed by atoms with Crippen LogP contribution in [0.15, 0.2) is 65.7 Å². The first-order valence-corrected chi connectivity index (χ1v) is 9.82. The molecule has 0 atom stereocenters. The van der Waals surface area contributed by atoms with Crippen LogP contribution in [0, 0.1) is 6.92 Å². The number of aryl methyl sites for hydroxylation is 1. The monoisotopic (exact) mass is 409 g/mol. The molecule has 0 radical (unpaired) electrons. The summed E-state index contributed by atoms with van der Waals surface area (Å²) in [6.07, 6.45) is 1.53. The van der Waals surface area contributed by atoms with Gasteiger partial charge in [-0.1, -0.05) is 54.1 Å². The molecule has 5 nitrogen and oxygen atoms in total. The van der Waals surface area contributed by atoms with Crippen LogP contribution in [0.3, 0.4) is 0 Å². The van der Waals surface area contributed by atoms with Crippen molar-refractivity contribution in [3.05, 3.63) is 92.3 Å². The number of carbonyl (C=O) groups is 1. The summed E-state index contributed by atoms with van der Waals surface area (Å²) >= 11 is 7.33. The smallest absolute Gasteiger partial charge is 0.266 e. The number of nitrogens with one attached hydrogen (secondary N) is 1. The van der Waals surface area contributed by atoms with Crippen molar-refractivity contribution in [2.24, 2.45) is 0 Å². The topological polar surface area (TPSA) is 64.0 Å². The molecule has 4 rings (SSSR count). The first-order valence-electron chi connectivity index (χ1n) is 8.63. The maximum absolute atomic E-state index is 13.0. The van der Waals surface area contributed by atoms with E-state index in [1.165, 1.54) is 17.7 Å². The average molecular weight is 410 g/mol. The number of thiophene rings is 1. The largest absolute Gasteiger partial charge is 0.320 e. The molecule has 0 bridgehead atoms. The van der Waals surface area contributed by atoms with Crippen molar-refractivity contribution in [1.82, 2.24) is 9.55 Å². The van der Waals surface area contributed by atoms with E-state index >= 15 is 0 Å². The summed E-state index contributed by atoms with van der Waals surface area (Å²) in [6, 6.07) is 16.7. The van der Waals surface area contributed by atoms with Crippen LogP contribution in [0.2, 0.25) is 5.02 Å². The van der Waals surface area contributed by atoms with Crippen LogP contribution >= 0.6 is 22.9 Å². The molecule has 1 N–H and O–H groups in total. The molecule has 2 heterocycles. The number of hydrogen-bond acceptors (Lipinski definition) is 4. The van der Waals surface area contributed by atoms with Gasteiger partial charge in [0.1, 0.15) is 4.83 Å². The molecule has 7 heteroatoms. The van der Waals surface area contributed by atoms with Gasteiger partial charge in [0, 0.05) is 0 Å². The van der Waals surface area contributed by atoms with Crippen molar-refractivity contribution in [3.63, 3.8) is 0 Å². The number of amides is 1. The summed E-state index contributed by atoms with van der Waals surface area (Å²) in [5.41, 5.74) is 2.01. The highest BCUT2D eigenvalue weighted by molar-refractivity contribution is 7.20. The first kappa shape index (κ1) is 18.4. The second-order valence-corrected chi connectivity index (χ2v) is 7.74. The van der Waals surface area contributed by atoms with Crippen molar-refractivity contribution in [1.29, 1.82) is 0 Å². The third kappa shape index (κ3) is 3.44. The third-order valence-corrected chi connectivity index (χ3v) is 5.97. The standard InChI is InChI=1S/C21H16ClN3O2S/c1-13-17-20(23-12-25(21(17)27)11-14-7-3-2-4-8-14)28-18(13)19(26)24-16-10-6-5-9-15(16)22/h2-10,12H,11H2,1H3,(H,24,26). The van der Waals surface area contributed by atoms with E-state index in [9.17, 15) is 9.59 Å². The molecule has 2 aromatic heterocycles. The lowest BCUT2D eigenvalue weighted by molar-refractivity contribution is 0.103. The maximum Gasteiger partial charge on any atom is 0.266 e. The van der Waals surface area contributed by atoms with Gasteiger partial charge in [0.2, 0.25) is 0 Å². The van der Waals surface area contributed by atoms with E-state index in [1.807, 2.05) is 30.3 Å². The molecule has 0 spiro atoms. The SMILES string of the molecule is Cc1c(C(=O)Nc2ccccc2Cl)sc2ncn(Cc3ccccc3)c(=O)c12. The van der Waals surface area contributed by atoms with E-state index in [0.29, 0.717) is 37.9 Å². The molecule has 0 saturated carbocycles. The third-order valence-electron chi connectivity index (χ3n) is 4.44. The van der Waals surface area contributed by atoms with Gasteiger partial charge in [0.25, 0.3) is 11.5 Å². The van der Waals surface area contributed by atoms with Gasteiger partial charge >= 0.3 is 0 Å². The van der Waals surface area contributed by atoms with E-state index in [2.05, 4.69) is 10.3 Å². The number of aromatic nitrogens is 2. The van der Waals surface area contributed by atoms with Gasteiger partial charge in [0.15, 0.2) is 0 Å². The van der Waals surface area contributed by atoms with Crippen LogP contribution < -0.4 is 10.9 Å². The minimum absolute atomic E-state index is 0.153. The first-order chi connectivity index (χ1) is 13.5. The van der Waals surface area contributed by atoms with Gasteiger partial charge in [-0.2, -0.15) is 0 Å². The quantitative estimate of drug-likeness (QED) is 0.530. The minimum Gasteiger partial charge on any atom is -0.320 e. The summed E-state index contributed by atoms with van der Waals surface area (Å²) < 4.78 is 1.56. The molecular formula is C21H16ClN3O2S. The Kier molecular flexibility index (Phi) is 4.98. The lowest BCUT2D eigenvalue weighted by Gasteiger charge is -2.06. The number of para-hydroxylation sites is 1. The number of hydrogen-bond donors (Lipinski definition) is 1. The Morgan fingerprint density at radius 1 is 1.14 bits per heavy atom. The zero-order valence-electron chi connectivity index (χ0n) is 15.0. The van der Waals surface area contributed by atoms with E-state index < -0.39 is 0 Å². The Labute approximate surface area is 170 Å². The molecular weight excluding hydrogens is 394 g/mol. The predicted octanol–water partition coefficient (Wildman–Crippen LogP) is 4.72. The lowest BCUT2D eigenvalue weighted by Crippen LogP contribution is -2.21. The Morgan fingerprint density at radius 2 is 1.86 bits per heavy atom. The average Bonchev–Trinajstić information content (AvgIpc) is 3.04. The molecule has 1 amide bonds. The molecule has 140 valence electrons. The zero-order valence-corrected chi connectivity index (χ0v) is 16.6. The number of halogens is 1. The molecule has 0 aliphatic carbocycles.